The van der Waals surface area contributed by atoms with Gasteiger partial charge in [-0.05, 0) is 18.2 Å². The van der Waals surface area contributed by atoms with Gasteiger partial charge in [0.2, 0.25) is 5.91 Å². The first-order valence-corrected chi connectivity index (χ1v) is 8.20. The molecule has 114 valence electrons. The van der Waals surface area contributed by atoms with Gasteiger partial charge < -0.3 is 10.3 Å². The Morgan fingerprint density at radius 3 is 2.68 bits per heavy atom. The number of amides is 1. The van der Waals surface area contributed by atoms with E-state index in [1.807, 2.05) is 38.1 Å². The lowest BCUT2D eigenvalue weighted by molar-refractivity contribution is -0.116. The van der Waals surface area contributed by atoms with E-state index >= 15 is 0 Å². The van der Waals surface area contributed by atoms with Crippen LogP contribution in [0.2, 0.25) is 0 Å². The highest BCUT2D eigenvalue weighted by molar-refractivity contribution is 7.99. The first kappa shape index (κ1) is 14.8. The third-order valence-electron chi connectivity index (χ3n) is 3.69. The fraction of sp³-hybridized carbons (Fsp3) is 0.312. The number of fused-ring (bicyclic) bond motifs is 1. The van der Waals surface area contributed by atoms with Crippen LogP contribution in [0.3, 0.4) is 0 Å². The van der Waals surface area contributed by atoms with Crippen molar-refractivity contribution < 1.29 is 4.79 Å². The molecule has 1 aromatic carbocycles. The van der Waals surface area contributed by atoms with Gasteiger partial charge in [-0.15, -0.1) is 0 Å². The summed E-state index contributed by atoms with van der Waals surface area (Å²) in [5.74, 6) is 0.836. The normalized spacial score (nSPS) is 17.0. The molecular formula is C16H17N3O2S. The summed E-state index contributed by atoms with van der Waals surface area (Å²) in [6.07, 6.45) is 0.265. The Morgan fingerprint density at radius 1 is 1.27 bits per heavy atom. The van der Waals surface area contributed by atoms with Crippen molar-refractivity contribution in [3.8, 4) is 0 Å². The molecule has 0 saturated carbocycles. The van der Waals surface area contributed by atoms with Crippen LogP contribution < -0.4 is 10.9 Å². The van der Waals surface area contributed by atoms with E-state index in [0.717, 1.165) is 16.9 Å². The van der Waals surface area contributed by atoms with Crippen LogP contribution in [0.25, 0.3) is 0 Å². The molecule has 1 amide bonds. The van der Waals surface area contributed by atoms with Crippen LogP contribution in [-0.2, 0) is 4.79 Å². The Balaban J connectivity index is 2.11. The van der Waals surface area contributed by atoms with E-state index in [1.54, 1.807) is 0 Å². The van der Waals surface area contributed by atoms with Crippen molar-refractivity contribution in [1.82, 2.24) is 9.97 Å². The maximum Gasteiger partial charge on any atom is 0.257 e. The number of benzene rings is 1. The maximum atomic E-state index is 12.5. The predicted molar refractivity (Wildman–Crippen MR) is 87.5 cm³/mol. The topological polar surface area (TPSA) is 74.8 Å². The van der Waals surface area contributed by atoms with E-state index in [2.05, 4.69) is 15.3 Å². The molecule has 2 heterocycles. The molecule has 0 aliphatic carbocycles. The SMILES string of the molecule is CCSc1nc2c(c(=O)[nH]1)[C@H](c1ccc(C)cc1)CC(=O)N2. The molecular weight excluding hydrogens is 298 g/mol. The Bertz CT molecular complexity index is 768. The minimum absolute atomic E-state index is 0.108. The van der Waals surface area contributed by atoms with Crippen LogP contribution in [0.5, 0.6) is 0 Å². The molecule has 1 aliphatic rings. The molecule has 2 aromatic rings. The second-order valence-electron chi connectivity index (χ2n) is 5.28. The van der Waals surface area contributed by atoms with Gasteiger partial charge in [0.05, 0.1) is 5.56 Å². The van der Waals surface area contributed by atoms with Crippen molar-refractivity contribution in [2.24, 2.45) is 0 Å². The highest BCUT2D eigenvalue weighted by Gasteiger charge is 2.30. The number of anilines is 1. The predicted octanol–water partition coefficient (Wildman–Crippen LogP) is 2.66. The molecule has 2 N–H and O–H groups in total. The number of nitrogens with one attached hydrogen (secondary N) is 2. The molecule has 0 saturated heterocycles. The summed E-state index contributed by atoms with van der Waals surface area (Å²) in [7, 11) is 0. The van der Waals surface area contributed by atoms with Gasteiger partial charge in [-0.3, -0.25) is 9.59 Å². The molecule has 5 nitrogen and oxygen atoms in total. The van der Waals surface area contributed by atoms with Gasteiger partial charge in [0.1, 0.15) is 5.82 Å². The number of aromatic amines is 1. The molecule has 0 radical (unpaired) electrons. The molecule has 1 atom stereocenters. The molecule has 0 bridgehead atoms. The summed E-state index contributed by atoms with van der Waals surface area (Å²) in [4.78, 5) is 31.6. The van der Waals surface area contributed by atoms with E-state index in [0.29, 0.717) is 16.5 Å². The van der Waals surface area contributed by atoms with E-state index < -0.39 is 0 Å². The maximum absolute atomic E-state index is 12.5. The van der Waals surface area contributed by atoms with Crippen LogP contribution in [0, 0.1) is 6.92 Å². The second-order valence-corrected chi connectivity index (χ2v) is 6.53. The zero-order chi connectivity index (χ0) is 15.7. The van der Waals surface area contributed by atoms with Gasteiger partial charge in [0.15, 0.2) is 5.16 Å². The van der Waals surface area contributed by atoms with Gasteiger partial charge in [-0.25, -0.2) is 4.98 Å². The third-order valence-corrected chi connectivity index (χ3v) is 4.45. The number of carbonyl (C=O) groups is 1. The summed E-state index contributed by atoms with van der Waals surface area (Å²) >= 11 is 1.44. The average molecular weight is 315 g/mol. The molecule has 0 fully saturated rings. The summed E-state index contributed by atoms with van der Waals surface area (Å²) in [5.41, 5.74) is 2.48. The lowest BCUT2D eigenvalue weighted by Gasteiger charge is -2.24. The number of carbonyl (C=O) groups excluding carboxylic acids is 1. The van der Waals surface area contributed by atoms with Crippen LogP contribution in [0.4, 0.5) is 5.82 Å². The van der Waals surface area contributed by atoms with Crippen molar-refractivity contribution >= 4 is 23.5 Å². The fourth-order valence-electron chi connectivity index (χ4n) is 2.64. The Labute approximate surface area is 132 Å². The van der Waals surface area contributed by atoms with Crippen LogP contribution in [-0.4, -0.2) is 21.6 Å². The minimum atomic E-state index is -0.249. The van der Waals surface area contributed by atoms with Crippen molar-refractivity contribution in [3.05, 3.63) is 51.3 Å². The van der Waals surface area contributed by atoms with E-state index in [9.17, 15) is 9.59 Å². The largest absolute Gasteiger partial charge is 0.310 e. The second kappa shape index (κ2) is 5.96. The van der Waals surface area contributed by atoms with Gasteiger partial charge in [0.25, 0.3) is 5.56 Å². The van der Waals surface area contributed by atoms with Crippen LogP contribution in [0.15, 0.2) is 34.2 Å². The molecule has 0 unspecified atom stereocenters. The summed E-state index contributed by atoms with van der Waals surface area (Å²) in [6, 6.07) is 7.92. The lowest BCUT2D eigenvalue weighted by Crippen LogP contribution is -2.31. The smallest absolute Gasteiger partial charge is 0.257 e. The Kier molecular flexibility index (Phi) is 4.02. The number of H-pyrrole nitrogens is 1. The zero-order valence-corrected chi connectivity index (χ0v) is 13.3. The van der Waals surface area contributed by atoms with Crippen molar-refractivity contribution in [1.29, 1.82) is 0 Å². The summed E-state index contributed by atoms with van der Waals surface area (Å²) in [5, 5.41) is 3.27. The summed E-state index contributed by atoms with van der Waals surface area (Å²) < 4.78 is 0. The number of aryl methyl sites for hydroxylation is 1. The average Bonchev–Trinajstić information content (AvgIpc) is 2.47. The number of thioether (sulfide) groups is 1. The fourth-order valence-corrected chi connectivity index (χ4v) is 3.23. The monoisotopic (exact) mass is 315 g/mol. The molecule has 0 spiro atoms. The number of hydrogen-bond donors (Lipinski definition) is 2. The van der Waals surface area contributed by atoms with Gasteiger partial charge in [-0.1, -0.05) is 48.5 Å². The van der Waals surface area contributed by atoms with E-state index in [-0.39, 0.29) is 23.8 Å². The lowest BCUT2D eigenvalue weighted by atomic mass is 9.86. The number of hydrogen-bond acceptors (Lipinski definition) is 4. The summed E-state index contributed by atoms with van der Waals surface area (Å²) in [6.45, 7) is 3.99. The van der Waals surface area contributed by atoms with Gasteiger partial charge >= 0.3 is 0 Å². The highest BCUT2D eigenvalue weighted by atomic mass is 32.2. The third kappa shape index (κ3) is 2.78. The standard InChI is InChI=1S/C16H17N3O2S/c1-3-22-16-18-14-13(15(21)19-16)11(8-12(20)17-14)10-6-4-9(2)5-7-10/h4-7,11H,3,8H2,1-2H3,(H2,17,18,19,20,21)/t11-/m0/s1. The number of nitrogens with zero attached hydrogens (tertiary/aromatic N) is 1. The van der Waals surface area contributed by atoms with E-state index in [4.69, 9.17) is 0 Å². The quantitative estimate of drug-likeness (QED) is 0.674. The van der Waals surface area contributed by atoms with Gasteiger partial charge in [-0.2, -0.15) is 0 Å². The van der Waals surface area contributed by atoms with Crippen molar-refractivity contribution in [2.45, 2.75) is 31.3 Å². The van der Waals surface area contributed by atoms with Crippen LogP contribution >= 0.6 is 11.8 Å². The van der Waals surface area contributed by atoms with Crippen molar-refractivity contribution in [3.63, 3.8) is 0 Å². The van der Waals surface area contributed by atoms with Crippen LogP contribution in [0.1, 0.15) is 36.0 Å². The minimum Gasteiger partial charge on any atom is -0.310 e. The molecule has 3 rings (SSSR count). The molecule has 1 aromatic heterocycles. The molecule has 22 heavy (non-hydrogen) atoms. The number of aromatic nitrogens is 2. The van der Waals surface area contributed by atoms with Gasteiger partial charge in [0, 0.05) is 12.3 Å². The van der Waals surface area contributed by atoms with Crippen molar-refractivity contribution in [2.75, 3.05) is 11.1 Å². The molecule has 1 aliphatic heterocycles. The first-order chi connectivity index (χ1) is 10.6. The highest BCUT2D eigenvalue weighted by Crippen LogP contribution is 2.34. The zero-order valence-electron chi connectivity index (χ0n) is 12.5. The Morgan fingerprint density at radius 2 is 2.00 bits per heavy atom. The first-order valence-electron chi connectivity index (χ1n) is 7.22. The number of rotatable bonds is 3. The van der Waals surface area contributed by atoms with E-state index in [1.165, 1.54) is 11.8 Å². The Hall–Kier alpha value is -2.08. The molecule has 6 heteroatoms.